The zero-order valence-electron chi connectivity index (χ0n) is 13.6. The molecule has 0 aliphatic rings. The number of hydrogen-bond acceptors (Lipinski definition) is 4. The van der Waals surface area contributed by atoms with Gasteiger partial charge in [0, 0.05) is 11.6 Å². The van der Waals surface area contributed by atoms with Crippen LogP contribution in [-0.4, -0.2) is 23.1 Å². The number of aliphatic carboxylic acids is 1. The first-order chi connectivity index (χ1) is 11.3. The Morgan fingerprint density at radius 2 is 1.88 bits per heavy atom. The molecule has 0 radical (unpaired) electrons. The van der Waals surface area contributed by atoms with Crippen molar-refractivity contribution in [2.24, 2.45) is 0 Å². The van der Waals surface area contributed by atoms with Crippen LogP contribution < -0.4 is 4.74 Å². The molecular formula is C18H17NO5. The minimum absolute atomic E-state index is 0.0417. The molecule has 2 aromatic rings. The number of rotatable bonds is 5. The van der Waals surface area contributed by atoms with Gasteiger partial charge < -0.3 is 9.84 Å². The summed E-state index contributed by atoms with van der Waals surface area (Å²) in [6.45, 7) is 3.42. The molecule has 0 unspecified atom stereocenters. The Morgan fingerprint density at radius 1 is 1.17 bits per heavy atom. The maximum Gasteiger partial charge on any atom is 0.336 e. The first-order valence-corrected chi connectivity index (χ1v) is 7.18. The van der Waals surface area contributed by atoms with E-state index in [4.69, 9.17) is 4.74 Å². The molecule has 1 N–H and O–H groups in total. The molecule has 0 saturated carbocycles. The quantitative estimate of drug-likeness (QED) is 0.390. The van der Waals surface area contributed by atoms with Crippen molar-refractivity contribution in [3.05, 3.63) is 68.8 Å². The lowest BCUT2D eigenvalue weighted by Crippen LogP contribution is -2.02. The summed E-state index contributed by atoms with van der Waals surface area (Å²) in [6, 6.07) is 9.71. The van der Waals surface area contributed by atoms with Crippen molar-refractivity contribution in [1.29, 1.82) is 0 Å². The Kier molecular flexibility index (Phi) is 4.99. The van der Waals surface area contributed by atoms with E-state index in [-0.39, 0.29) is 11.3 Å². The molecule has 0 spiro atoms. The van der Waals surface area contributed by atoms with Crippen molar-refractivity contribution in [2.45, 2.75) is 13.8 Å². The van der Waals surface area contributed by atoms with Crippen LogP contribution in [0.2, 0.25) is 0 Å². The molecule has 0 aliphatic heterocycles. The number of carbonyl (C=O) groups is 1. The van der Waals surface area contributed by atoms with Crippen molar-refractivity contribution in [2.75, 3.05) is 7.11 Å². The third kappa shape index (κ3) is 3.60. The Morgan fingerprint density at radius 3 is 2.42 bits per heavy atom. The number of aryl methyl sites for hydroxylation is 2. The van der Waals surface area contributed by atoms with Crippen molar-refractivity contribution >= 4 is 23.3 Å². The molecule has 0 bridgehead atoms. The largest absolute Gasteiger partial charge is 0.497 e. The van der Waals surface area contributed by atoms with Crippen LogP contribution >= 0.6 is 0 Å². The lowest BCUT2D eigenvalue weighted by molar-refractivity contribution is -0.385. The number of nitro groups is 1. The molecule has 0 amide bonds. The molecule has 124 valence electrons. The van der Waals surface area contributed by atoms with Crippen LogP contribution in [0.3, 0.4) is 0 Å². The molecule has 2 aromatic carbocycles. The zero-order valence-corrected chi connectivity index (χ0v) is 13.6. The molecule has 0 heterocycles. The van der Waals surface area contributed by atoms with E-state index < -0.39 is 10.9 Å². The van der Waals surface area contributed by atoms with E-state index >= 15 is 0 Å². The fraction of sp³-hybridized carbons (Fsp3) is 0.167. The number of ether oxygens (including phenoxy) is 1. The van der Waals surface area contributed by atoms with E-state index in [9.17, 15) is 20.0 Å². The molecule has 24 heavy (non-hydrogen) atoms. The first-order valence-electron chi connectivity index (χ1n) is 7.18. The van der Waals surface area contributed by atoms with Gasteiger partial charge in [-0.15, -0.1) is 0 Å². The smallest absolute Gasteiger partial charge is 0.336 e. The van der Waals surface area contributed by atoms with Gasteiger partial charge in [0.15, 0.2) is 0 Å². The summed E-state index contributed by atoms with van der Waals surface area (Å²) in [5, 5.41) is 20.6. The SMILES string of the molecule is COc1ccc(/C(=C/c2ccc(C)c([N+](=O)[O-])c2)C(=O)O)c(C)c1. The number of hydrogen-bond donors (Lipinski definition) is 1. The normalized spacial score (nSPS) is 11.2. The summed E-state index contributed by atoms with van der Waals surface area (Å²) in [5.74, 6) is -0.474. The summed E-state index contributed by atoms with van der Waals surface area (Å²) < 4.78 is 5.12. The van der Waals surface area contributed by atoms with Gasteiger partial charge >= 0.3 is 5.97 Å². The highest BCUT2D eigenvalue weighted by Crippen LogP contribution is 2.27. The number of nitro benzene ring substituents is 1. The highest BCUT2D eigenvalue weighted by Gasteiger charge is 2.15. The van der Waals surface area contributed by atoms with Crippen LogP contribution in [0, 0.1) is 24.0 Å². The second-order valence-corrected chi connectivity index (χ2v) is 5.35. The molecule has 6 nitrogen and oxygen atoms in total. The third-order valence-corrected chi connectivity index (χ3v) is 3.70. The molecule has 6 heteroatoms. The minimum Gasteiger partial charge on any atom is -0.497 e. The summed E-state index contributed by atoms with van der Waals surface area (Å²) in [7, 11) is 1.54. The molecule has 0 fully saturated rings. The third-order valence-electron chi connectivity index (χ3n) is 3.70. The van der Waals surface area contributed by atoms with Crippen LogP contribution in [-0.2, 0) is 4.79 Å². The van der Waals surface area contributed by atoms with Gasteiger partial charge in [-0.1, -0.05) is 18.2 Å². The van der Waals surface area contributed by atoms with Crippen LogP contribution in [0.15, 0.2) is 36.4 Å². The summed E-state index contributed by atoms with van der Waals surface area (Å²) >= 11 is 0. The van der Waals surface area contributed by atoms with Gasteiger partial charge in [0.1, 0.15) is 5.75 Å². The summed E-state index contributed by atoms with van der Waals surface area (Å²) in [5.41, 5.74) is 2.28. The summed E-state index contributed by atoms with van der Waals surface area (Å²) in [6.07, 6.45) is 1.43. The summed E-state index contributed by atoms with van der Waals surface area (Å²) in [4.78, 5) is 22.2. The molecule has 0 saturated heterocycles. The van der Waals surface area contributed by atoms with Gasteiger partial charge in [-0.2, -0.15) is 0 Å². The van der Waals surface area contributed by atoms with Crippen LogP contribution in [0.4, 0.5) is 5.69 Å². The Hall–Kier alpha value is -3.15. The topological polar surface area (TPSA) is 89.7 Å². The van der Waals surface area contributed by atoms with E-state index in [2.05, 4.69) is 0 Å². The van der Waals surface area contributed by atoms with E-state index in [0.29, 0.717) is 22.4 Å². The highest BCUT2D eigenvalue weighted by atomic mass is 16.6. The van der Waals surface area contributed by atoms with Gasteiger partial charge in [0.25, 0.3) is 5.69 Å². The van der Waals surface area contributed by atoms with Crippen molar-refractivity contribution < 1.29 is 19.6 Å². The van der Waals surface area contributed by atoms with Crippen LogP contribution in [0.5, 0.6) is 5.75 Å². The van der Waals surface area contributed by atoms with E-state index in [1.807, 2.05) is 0 Å². The predicted molar refractivity (Wildman–Crippen MR) is 91.1 cm³/mol. The van der Waals surface area contributed by atoms with Gasteiger partial charge in [0.2, 0.25) is 0 Å². The van der Waals surface area contributed by atoms with Gasteiger partial charge in [-0.25, -0.2) is 4.79 Å². The fourth-order valence-corrected chi connectivity index (χ4v) is 2.40. The van der Waals surface area contributed by atoms with Crippen molar-refractivity contribution in [3.63, 3.8) is 0 Å². The van der Waals surface area contributed by atoms with Crippen LogP contribution in [0.25, 0.3) is 11.6 Å². The molecular weight excluding hydrogens is 310 g/mol. The Balaban J connectivity index is 2.56. The van der Waals surface area contributed by atoms with E-state index in [0.717, 1.165) is 5.56 Å². The van der Waals surface area contributed by atoms with Gasteiger partial charge in [-0.05, 0) is 48.7 Å². The number of carboxylic acid groups (broad SMARTS) is 1. The maximum atomic E-state index is 11.7. The highest BCUT2D eigenvalue weighted by molar-refractivity contribution is 6.21. The second kappa shape index (κ2) is 6.95. The van der Waals surface area contributed by atoms with Crippen molar-refractivity contribution in [1.82, 2.24) is 0 Å². The van der Waals surface area contributed by atoms with E-state index in [1.54, 1.807) is 44.2 Å². The fourth-order valence-electron chi connectivity index (χ4n) is 2.40. The number of carboxylic acids is 1. The van der Waals surface area contributed by atoms with E-state index in [1.165, 1.54) is 19.3 Å². The van der Waals surface area contributed by atoms with Crippen molar-refractivity contribution in [3.8, 4) is 5.75 Å². The number of benzene rings is 2. The zero-order chi connectivity index (χ0) is 17.9. The van der Waals surface area contributed by atoms with Gasteiger partial charge in [-0.3, -0.25) is 10.1 Å². The maximum absolute atomic E-state index is 11.7. The lowest BCUT2D eigenvalue weighted by Gasteiger charge is -2.09. The molecule has 2 rings (SSSR count). The first kappa shape index (κ1) is 17.2. The molecule has 0 aromatic heterocycles. The molecule has 0 atom stereocenters. The second-order valence-electron chi connectivity index (χ2n) is 5.35. The lowest BCUT2D eigenvalue weighted by atomic mass is 9.97. The standard InChI is InChI=1S/C18H17NO5/c1-11-4-5-13(10-17(11)19(22)23)9-16(18(20)21)15-7-6-14(24-3)8-12(15)2/h4-10H,1-3H3,(H,20,21)/b16-9-. The average molecular weight is 327 g/mol. The number of nitrogens with zero attached hydrogens (tertiary/aromatic N) is 1. The monoisotopic (exact) mass is 327 g/mol. The Bertz CT molecular complexity index is 839. The predicted octanol–water partition coefficient (Wildman–Crippen LogP) is 3.85. The Labute approximate surface area is 139 Å². The minimum atomic E-state index is -1.11. The average Bonchev–Trinajstić information content (AvgIpc) is 2.53. The number of methoxy groups -OCH3 is 1. The van der Waals surface area contributed by atoms with Gasteiger partial charge in [0.05, 0.1) is 17.6 Å². The molecule has 0 aliphatic carbocycles. The van der Waals surface area contributed by atoms with Crippen LogP contribution in [0.1, 0.15) is 22.3 Å².